The van der Waals surface area contributed by atoms with E-state index in [9.17, 15) is 18.6 Å². The van der Waals surface area contributed by atoms with Crippen LogP contribution < -0.4 is 11.1 Å². The number of rotatable bonds is 4. The lowest BCUT2D eigenvalue weighted by Gasteiger charge is -2.10. The Morgan fingerprint density at radius 2 is 2.00 bits per heavy atom. The third kappa shape index (κ3) is 3.88. The molecule has 0 saturated carbocycles. The molecule has 8 heteroatoms. The molecule has 0 bridgehead atoms. The standard InChI is InChI=1S/C11H12N2O5S/c1-6(9(14)13-11(12)17)19(18)8-4-2-3-7(5-8)10(15)16/h2-6H,1H3,(H,15,16)(H3,12,13,14,17). The van der Waals surface area contributed by atoms with Gasteiger partial charge in [-0.25, -0.2) is 9.59 Å². The maximum atomic E-state index is 12.0. The molecule has 7 nitrogen and oxygen atoms in total. The molecule has 0 radical (unpaired) electrons. The van der Waals surface area contributed by atoms with Gasteiger partial charge in [0.2, 0.25) is 5.91 Å². The lowest BCUT2D eigenvalue weighted by atomic mass is 10.2. The second-order valence-corrected chi connectivity index (χ2v) is 5.40. The molecule has 0 spiro atoms. The Labute approximate surface area is 111 Å². The first-order valence-corrected chi connectivity index (χ1v) is 6.38. The fraction of sp³-hybridized carbons (Fsp3) is 0.182. The Morgan fingerprint density at radius 3 is 2.53 bits per heavy atom. The van der Waals surface area contributed by atoms with Crippen LogP contribution in [0.4, 0.5) is 4.79 Å². The Bertz CT molecular complexity index is 558. The number of urea groups is 1. The maximum absolute atomic E-state index is 12.0. The van der Waals surface area contributed by atoms with Crippen LogP contribution >= 0.6 is 0 Å². The van der Waals surface area contributed by atoms with Crippen molar-refractivity contribution in [1.82, 2.24) is 5.32 Å². The molecule has 0 aliphatic heterocycles. The van der Waals surface area contributed by atoms with Gasteiger partial charge in [0.05, 0.1) is 16.4 Å². The number of hydrogen-bond donors (Lipinski definition) is 3. The summed E-state index contributed by atoms with van der Waals surface area (Å²) in [6.07, 6.45) is 0. The number of amides is 3. The van der Waals surface area contributed by atoms with Crippen LogP contribution in [-0.2, 0) is 15.6 Å². The largest absolute Gasteiger partial charge is 0.478 e. The van der Waals surface area contributed by atoms with Crippen LogP contribution in [-0.4, -0.2) is 32.5 Å². The molecule has 2 unspecified atom stereocenters. The Balaban J connectivity index is 2.94. The predicted octanol–water partition coefficient (Wildman–Crippen LogP) is 0.0758. The highest BCUT2D eigenvalue weighted by atomic mass is 32.2. The molecule has 3 amide bonds. The zero-order chi connectivity index (χ0) is 14.6. The smallest absolute Gasteiger partial charge is 0.335 e. The van der Waals surface area contributed by atoms with Crippen molar-refractivity contribution in [3.63, 3.8) is 0 Å². The number of imide groups is 1. The topological polar surface area (TPSA) is 127 Å². The summed E-state index contributed by atoms with van der Waals surface area (Å²) in [5.41, 5.74) is 4.75. The molecule has 0 fully saturated rings. The number of nitrogens with one attached hydrogen (secondary N) is 1. The monoisotopic (exact) mass is 284 g/mol. The van der Waals surface area contributed by atoms with Crippen molar-refractivity contribution in [3.05, 3.63) is 29.8 Å². The highest BCUT2D eigenvalue weighted by molar-refractivity contribution is 7.86. The third-order valence-electron chi connectivity index (χ3n) is 2.25. The SMILES string of the molecule is CC(C(=O)NC(N)=O)S(=O)c1cccc(C(=O)O)c1. The van der Waals surface area contributed by atoms with Crippen LogP contribution in [0.5, 0.6) is 0 Å². The Kier molecular flexibility index (Phi) is 4.76. The van der Waals surface area contributed by atoms with E-state index in [2.05, 4.69) is 0 Å². The molecule has 0 saturated heterocycles. The van der Waals surface area contributed by atoms with Gasteiger partial charge in [-0.1, -0.05) is 6.07 Å². The summed E-state index contributed by atoms with van der Waals surface area (Å²) in [7, 11) is -1.78. The number of carbonyl (C=O) groups is 3. The number of primary amides is 1. The zero-order valence-corrected chi connectivity index (χ0v) is 10.8. The average molecular weight is 284 g/mol. The van der Waals surface area contributed by atoms with E-state index in [0.717, 1.165) is 0 Å². The normalized spacial score (nSPS) is 13.3. The maximum Gasteiger partial charge on any atom is 0.335 e. The molecular weight excluding hydrogens is 272 g/mol. The van der Waals surface area contributed by atoms with Gasteiger partial charge in [0.25, 0.3) is 0 Å². The average Bonchev–Trinajstić information content (AvgIpc) is 2.36. The minimum atomic E-state index is -1.78. The van der Waals surface area contributed by atoms with E-state index in [1.165, 1.54) is 31.2 Å². The molecule has 1 aromatic carbocycles. The van der Waals surface area contributed by atoms with E-state index < -0.39 is 34.0 Å². The zero-order valence-electron chi connectivity index (χ0n) is 9.95. The first kappa shape index (κ1) is 14.8. The van der Waals surface area contributed by atoms with Crippen molar-refractivity contribution < 1.29 is 23.7 Å². The van der Waals surface area contributed by atoms with Crippen LogP contribution in [0.25, 0.3) is 0 Å². The lowest BCUT2D eigenvalue weighted by Crippen LogP contribution is -2.42. The van der Waals surface area contributed by atoms with E-state index in [4.69, 9.17) is 10.8 Å². The van der Waals surface area contributed by atoms with Crippen molar-refractivity contribution in [1.29, 1.82) is 0 Å². The molecule has 2 atom stereocenters. The van der Waals surface area contributed by atoms with E-state index in [1.807, 2.05) is 5.32 Å². The van der Waals surface area contributed by atoms with Gasteiger partial charge in [-0.15, -0.1) is 0 Å². The summed E-state index contributed by atoms with van der Waals surface area (Å²) >= 11 is 0. The van der Waals surface area contributed by atoms with Crippen molar-refractivity contribution in [2.75, 3.05) is 0 Å². The minimum absolute atomic E-state index is 0.0339. The molecule has 1 rings (SSSR count). The first-order chi connectivity index (χ1) is 8.82. The summed E-state index contributed by atoms with van der Waals surface area (Å²) in [6.45, 7) is 1.35. The molecule has 0 heterocycles. The number of aromatic carboxylic acids is 1. The van der Waals surface area contributed by atoms with Crippen LogP contribution in [0.1, 0.15) is 17.3 Å². The first-order valence-electron chi connectivity index (χ1n) is 5.17. The van der Waals surface area contributed by atoms with Crippen molar-refractivity contribution in [3.8, 4) is 0 Å². The van der Waals surface area contributed by atoms with Crippen LogP contribution in [0.15, 0.2) is 29.2 Å². The summed E-state index contributed by atoms with van der Waals surface area (Å²) < 4.78 is 12.0. The third-order valence-corrected chi connectivity index (χ3v) is 3.82. The Hall–Kier alpha value is -2.22. The molecule has 19 heavy (non-hydrogen) atoms. The van der Waals surface area contributed by atoms with Gasteiger partial charge in [0.15, 0.2) is 0 Å². The van der Waals surface area contributed by atoms with Crippen LogP contribution in [0.2, 0.25) is 0 Å². The van der Waals surface area contributed by atoms with Gasteiger partial charge in [0, 0.05) is 4.90 Å². The van der Waals surface area contributed by atoms with Gasteiger partial charge in [-0.2, -0.15) is 0 Å². The molecular formula is C11H12N2O5S. The minimum Gasteiger partial charge on any atom is -0.478 e. The van der Waals surface area contributed by atoms with Crippen LogP contribution in [0, 0.1) is 0 Å². The number of carbonyl (C=O) groups excluding carboxylic acids is 2. The number of hydrogen-bond acceptors (Lipinski definition) is 4. The number of carboxylic acids is 1. The summed E-state index contributed by atoms with van der Waals surface area (Å²) in [6, 6.07) is 4.39. The summed E-state index contributed by atoms with van der Waals surface area (Å²) in [4.78, 5) is 33.0. The molecule has 102 valence electrons. The van der Waals surface area contributed by atoms with E-state index >= 15 is 0 Å². The second-order valence-electron chi connectivity index (χ2n) is 3.63. The molecule has 0 aliphatic rings. The molecule has 0 aliphatic carbocycles. The highest BCUT2D eigenvalue weighted by Gasteiger charge is 2.23. The van der Waals surface area contributed by atoms with E-state index in [1.54, 1.807) is 0 Å². The van der Waals surface area contributed by atoms with Crippen molar-refractivity contribution in [2.24, 2.45) is 5.73 Å². The number of benzene rings is 1. The molecule has 4 N–H and O–H groups in total. The van der Waals surface area contributed by atoms with Crippen molar-refractivity contribution in [2.45, 2.75) is 17.1 Å². The van der Waals surface area contributed by atoms with Gasteiger partial charge in [0.1, 0.15) is 5.25 Å². The van der Waals surface area contributed by atoms with E-state index in [-0.39, 0.29) is 10.5 Å². The lowest BCUT2D eigenvalue weighted by molar-refractivity contribution is -0.119. The van der Waals surface area contributed by atoms with Crippen molar-refractivity contribution >= 4 is 28.7 Å². The van der Waals surface area contributed by atoms with Gasteiger partial charge in [-0.05, 0) is 25.1 Å². The van der Waals surface area contributed by atoms with Gasteiger partial charge in [-0.3, -0.25) is 14.3 Å². The molecule has 0 aromatic heterocycles. The van der Waals surface area contributed by atoms with Crippen LogP contribution in [0.3, 0.4) is 0 Å². The van der Waals surface area contributed by atoms with E-state index in [0.29, 0.717) is 0 Å². The fourth-order valence-electron chi connectivity index (χ4n) is 1.28. The second kappa shape index (κ2) is 6.10. The molecule has 1 aromatic rings. The number of carboxylic acid groups (broad SMARTS) is 1. The van der Waals surface area contributed by atoms with Gasteiger partial charge < -0.3 is 10.8 Å². The highest BCUT2D eigenvalue weighted by Crippen LogP contribution is 2.14. The summed E-state index contributed by atoms with van der Waals surface area (Å²) in [5.74, 6) is -1.94. The quantitative estimate of drug-likeness (QED) is 0.721. The predicted molar refractivity (Wildman–Crippen MR) is 67.0 cm³/mol. The summed E-state index contributed by atoms with van der Waals surface area (Å²) in [5, 5.41) is 9.61. The number of nitrogens with two attached hydrogens (primary N) is 1. The fourth-order valence-corrected chi connectivity index (χ4v) is 2.40. The van der Waals surface area contributed by atoms with Gasteiger partial charge >= 0.3 is 12.0 Å². The Morgan fingerprint density at radius 1 is 1.37 bits per heavy atom.